The Morgan fingerprint density at radius 3 is 2.17 bits per heavy atom. The Bertz CT molecular complexity index is 974. The van der Waals surface area contributed by atoms with Gasteiger partial charge in [-0.05, 0) is 12.1 Å². The van der Waals surface area contributed by atoms with Gasteiger partial charge in [0.1, 0.15) is 10.0 Å². The van der Waals surface area contributed by atoms with Crippen LogP contribution in [0.25, 0.3) is 10.9 Å². The van der Waals surface area contributed by atoms with E-state index in [-0.39, 0.29) is 25.1 Å². The smallest absolute Gasteiger partial charge is 0.247 e. The molecule has 0 amide bonds. The third-order valence-electron chi connectivity index (χ3n) is 3.89. The third-order valence-corrected chi connectivity index (χ3v) is 6.15. The van der Waals surface area contributed by atoms with E-state index < -0.39 is 0 Å². The molecule has 0 unspecified atom stereocenters. The van der Waals surface area contributed by atoms with E-state index in [0.29, 0.717) is 12.4 Å². The number of rotatable bonds is 1. The molecule has 0 spiro atoms. The molecule has 0 saturated heterocycles. The Morgan fingerprint density at radius 1 is 0.826 bits per heavy atom. The van der Waals surface area contributed by atoms with Crippen LogP contribution < -0.4 is 0 Å². The average Bonchev–Trinajstić information content (AvgIpc) is 2.96. The van der Waals surface area contributed by atoms with Crippen LogP contribution in [0.15, 0.2) is 30.5 Å². The summed E-state index contributed by atoms with van der Waals surface area (Å²) in [5, 5.41) is 2.30. The first-order valence-corrected chi connectivity index (χ1v) is 8.59. The highest BCUT2D eigenvalue weighted by atomic mass is 35.5. The molecule has 2 aromatic carbocycles. The van der Waals surface area contributed by atoms with Crippen LogP contribution in [0.1, 0.15) is 5.56 Å². The lowest BCUT2D eigenvalue weighted by atomic mass is 10.1. The number of para-hydroxylation sites is 1. The fourth-order valence-corrected chi connectivity index (χ4v) is 4.21. The van der Waals surface area contributed by atoms with E-state index in [2.05, 4.69) is 16.7 Å². The Labute approximate surface area is 157 Å². The van der Waals surface area contributed by atoms with E-state index in [1.807, 2.05) is 29.1 Å². The number of benzene rings is 2. The third kappa shape index (κ3) is 2.28. The van der Waals surface area contributed by atoms with Gasteiger partial charge in [0.2, 0.25) is 12.4 Å². The zero-order valence-corrected chi connectivity index (χ0v) is 15.2. The summed E-state index contributed by atoms with van der Waals surface area (Å²) in [4.78, 5) is 0. The Kier molecular flexibility index (Phi) is 3.79. The van der Waals surface area contributed by atoms with Crippen molar-refractivity contribution >= 4 is 80.8 Å². The van der Waals surface area contributed by atoms with E-state index in [0.717, 1.165) is 5.56 Å². The standard InChI is InChI=1S/C16H8Cl5N2/c17-10-11(18)13(20)16(14(21)12(10)19)23-6-9-3-1-2-8-4-5-22(7-23)15(8)9/h1-6H,7H2/q+1. The fraction of sp³-hybridized carbons (Fsp3) is 0.0625. The largest absolute Gasteiger partial charge is 0.291 e. The van der Waals surface area contributed by atoms with Crippen LogP contribution in [0.4, 0.5) is 5.69 Å². The number of halogens is 5. The van der Waals surface area contributed by atoms with E-state index in [1.165, 1.54) is 10.9 Å². The zero-order valence-electron chi connectivity index (χ0n) is 11.5. The minimum Gasteiger partial charge on any atom is -0.291 e. The van der Waals surface area contributed by atoms with Gasteiger partial charge in [-0.25, -0.2) is 0 Å². The van der Waals surface area contributed by atoms with Crippen LogP contribution in [0.5, 0.6) is 0 Å². The van der Waals surface area contributed by atoms with Crippen molar-refractivity contribution in [3.05, 3.63) is 61.1 Å². The molecule has 0 atom stereocenters. The second kappa shape index (κ2) is 5.58. The van der Waals surface area contributed by atoms with Crippen molar-refractivity contribution in [2.24, 2.45) is 0 Å². The predicted octanol–water partition coefficient (Wildman–Crippen LogP) is 6.64. The highest BCUT2D eigenvalue weighted by molar-refractivity contribution is 6.56. The van der Waals surface area contributed by atoms with Gasteiger partial charge in [0.05, 0.1) is 26.1 Å². The van der Waals surface area contributed by atoms with Crippen molar-refractivity contribution in [3.8, 4) is 0 Å². The average molecular weight is 406 g/mol. The molecule has 23 heavy (non-hydrogen) atoms. The van der Waals surface area contributed by atoms with Gasteiger partial charge in [-0.15, -0.1) is 0 Å². The summed E-state index contributed by atoms with van der Waals surface area (Å²) in [6, 6.07) is 8.19. The van der Waals surface area contributed by atoms with Crippen molar-refractivity contribution in [3.63, 3.8) is 0 Å². The molecule has 0 bridgehead atoms. The number of aromatic nitrogens is 1. The highest BCUT2D eigenvalue weighted by Gasteiger charge is 2.29. The molecule has 0 aliphatic carbocycles. The highest BCUT2D eigenvalue weighted by Crippen LogP contribution is 2.48. The summed E-state index contributed by atoms with van der Waals surface area (Å²) >= 11 is 31.2. The molecule has 0 fully saturated rings. The zero-order chi connectivity index (χ0) is 16.3. The molecule has 1 aliphatic heterocycles. The lowest BCUT2D eigenvalue weighted by Crippen LogP contribution is -2.19. The van der Waals surface area contributed by atoms with Crippen LogP contribution in [-0.2, 0) is 6.67 Å². The van der Waals surface area contributed by atoms with Gasteiger partial charge in [0.25, 0.3) is 0 Å². The summed E-state index contributed by atoms with van der Waals surface area (Å²) in [5.74, 6) is 0. The van der Waals surface area contributed by atoms with E-state index >= 15 is 0 Å². The van der Waals surface area contributed by atoms with Crippen molar-refractivity contribution in [1.82, 2.24) is 4.57 Å². The first-order valence-electron chi connectivity index (χ1n) is 6.70. The normalized spacial score (nSPS) is 13.5. The molecular formula is C16H8Cl5N2+. The second-order valence-electron chi connectivity index (χ2n) is 5.23. The molecule has 1 aliphatic rings. The summed E-state index contributed by atoms with van der Waals surface area (Å²) in [7, 11) is 0. The lowest BCUT2D eigenvalue weighted by Gasteiger charge is -2.15. The van der Waals surface area contributed by atoms with Gasteiger partial charge in [-0.1, -0.05) is 70.1 Å². The molecule has 116 valence electrons. The summed E-state index contributed by atoms with van der Waals surface area (Å²) in [6.07, 6.45) is 4.01. The maximum Gasteiger partial charge on any atom is 0.247 e. The summed E-state index contributed by atoms with van der Waals surface area (Å²) in [5.41, 5.74) is 2.78. The van der Waals surface area contributed by atoms with Crippen LogP contribution in [0, 0.1) is 0 Å². The molecular weight excluding hydrogens is 397 g/mol. The van der Waals surface area contributed by atoms with Crippen LogP contribution >= 0.6 is 58.0 Å². The fourth-order valence-electron chi connectivity index (χ4n) is 2.87. The molecule has 1 aromatic heterocycles. The predicted molar refractivity (Wildman–Crippen MR) is 98.5 cm³/mol. The summed E-state index contributed by atoms with van der Waals surface area (Å²) < 4.78 is 4.04. The van der Waals surface area contributed by atoms with E-state index in [9.17, 15) is 0 Å². The molecule has 2 nitrogen and oxygen atoms in total. The van der Waals surface area contributed by atoms with Crippen LogP contribution in [0.2, 0.25) is 25.1 Å². The molecule has 3 aromatic rings. The van der Waals surface area contributed by atoms with Gasteiger partial charge >= 0.3 is 0 Å². The lowest BCUT2D eigenvalue weighted by molar-refractivity contribution is -0.471. The molecule has 2 heterocycles. The van der Waals surface area contributed by atoms with Crippen molar-refractivity contribution in [2.45, 2.75) is 6.67 Å². The Hall–Kier alpha value is -0.900. The van der Waals surface area contributed by atoms with Crippen molar-refractivity contribution in [1.29, 1.82) is 0 Å². The maximum absolute atomic E-state index is 6.38. The van der Waals surface area contributed by atoms with Gasteiger partial charge in [-0.3, -0.25) is 4.57 Å². The van der Waals surface area contributed by atoms with Crippen LogP contribution in [0.3, 0.4) is 0 Å². The Balaban J connectivity index is 1.99. The number of hydrogen-bond donors (Lipinski definition) is 0. The molecule has 7 heteroatoms. The van der Waals surface area contributed by atoms with Gasteiger partial charge < -0.3 is 0 Å². The minimum atomic E-state index is 0.160. The summed E-state index contributed by atoms with van der Waals surface area (Å²) in [6.45, 7) is 0.550. The van der Waals surface area contributed by atoms with Crippen molar-refractivity contribution < 1.29 is 4.58 Å². The SMILES string of the molecule is Clc1c(Cl)c(Cl)c([N+]2=Cc3cccc4ccn(c34)C2)c(Cl)c1Cl. The quantitative estimate of drug-likeness (QED) is 0.243. The molecule has 4 rings (SSSR count). The van der Waals surface area contributed by atoms with Crippen LogP contribution in [-0.4, -0.2) is 15.4 Å². The Morgan fingerprint density at radius 2 is 1.48 bits per heavy atom. The minimum absolute atomic E-state index is 0.160. The topological polar surface area (TPSA) is 7.94 Å². The van der Waals surface area contributed by atoms with E-state index in [1.54, 1.807) is 0 Å². The first kappa shape index (κ1) is 15.6. The molecule has 0 saturated carbocycles. The van der Waals surface area contributed by atoms with Gasteiger partial charge in [0, 0.05) is 11.6 Å². The number of nitrogens with zero attached hydrogens (tertiary/aromatic N) is 2. The molecule has 0 radical (unpaired) electrons. The van der Waals surface area contributed by atoms with Gasteiger partial charge in [-0.2, -0.15) is 4.58 Å². The second-order valence-corrected chi connectivity index (χ2v) is 7.12. The van der Waals surface area contributed by atoms with Gasteiger partial charge in [0.15, 0.2) is 6.21 Å². The van der Waals surface area contributed by atoms with Crippen molar-refractivity contribution in [2.75, 3.05) is 0 Å². The monoisotopic (exact) mass is 403 g/mol. The number of hydrogen-bond acceptors (Lipinski definition) is 0. The first-order chi connectivity index (χ1) is 11.0. The maximum atomic E-state index is 6.38. The van der Waals surface area contributed by atoms with E-state index in [4.69, 9.17) is 58.0 Å². The molecule has 0 N–H and O–H groups in total.